The lowest BCUT2D eigenvalue weighted by molar-refractivity contribution is 0.759. The fourth-order valence-corrected chi connectivity index (χ4v) is 1.78. The van der Waals surface area contributed by atoms with E-state index in [2.05, 4.69) is 0 Å². The summed E-state index contributed by atoms with van der Waals surface area (Å²) in [6, 6.07) is 10.9. The molecule has 1 heterocycles. The van der Waals surface area contributed by atoms with Crippen molar-refractivity contribution in [3.63, 3.8) is 0 Å². The fraction of sp³-hybridized carbons (Fsp3) is 0.154. The molecular formula is C13H12ClNO. The van der Waals surface area contributed by atoms with Crippen LogP contribution in [-0.2, 0) is 6.54 Å². The SMILES string of the molecule is Cc1ccc(Cl)c(Cn2ccccc2=O)c1. The van der Waals surface area contributed by atoms with E-state index >= 15 is 0 Å². The molecule has 0 amide bonds. The Morgan fingerprint density at radius 1 is 1.25 bits per heavy atom. The third-order valence-electron chi connectivity index (χ3n) is 2.44. The van der Waals surface area contributed by atoms with Gasteiger partial charge in [0.25, 0.3) is 5.56 Å². The molecule has 0 aliphatic rings. The van der Waals surface area contributed by atoms with Crippen molar-refractivity contribution in [2.24, 2.45) is 0 Å². The van der Waals surface area contributed by atoms with E-state index in [1.165, 1.54) is 0 Å². The van der Waals surface area contributed by atoms with E-state index in [1.807, 2.05) is 31.2 Å². The van der Waals surface area contributed by atoms with E-state index in [0.717, 1.165) is 11.1 Å². The highest BCUT2D eigenvalue weighted by Gasteiger charge is 2.02. The van der Waals surface area contributed by atoms with Crippen molar-refractivity contribution in [3.8, 4) is 0 Å². The van der Waals surface area contributed by atoms with Crippen LogP contribution in [0.1, 0.15) is 11.1 Å². The Bertz CT molecular complexity index is 560. The second-order valence-electron chi connectivity index (χ2n) is 3.76. The first-order chi connectivity index (χ1) is 7.66. The quantitative estimate of drug-likeness (QED) is 0.782. The molecule has 3 heteroatoms. The molecule has 1 aromatic heterocycles. The average Bonchev–Trinajstić information content (AvgIpc) is 2.27. The predicted molar refractivity (Wildman–Crippen MR) is 66.0 cm³/mol. The maximum absolute atomic E-state index is 11.5. The van der Waals surface area contributed by atoms with E-state index in [1.54, 1.807) is 22.9 Å². The zero-order valence-electron chi connectivity index (χ0n) is 8.98. The third-order valence-corrected chi connectivity index (χ3v) is 2.81. The maximum atomic E-state index is 11.5. The van der Waals surface area contributed by atoms with Crippen molar-refractivity contribution < 1.29 is 0 Å². The molecule has 0 fully saturated rings. The second kappa shape index (κ2) is 4.54. The number of benzene rings is 1. The van der Waals surface area contributed by atoms with Crippen LogP contribution in [0.25, 0.3) is 0 Å². The highest BCUT2D eigenvalue weighted by molar-refractivity contribution is 6.31. The summed E-state index contributed by atoms with van der Waals surface area (Å²) in [7, 11) is 0. The lowest BCUT2D eigenvalue weighted by Crippen LogP contribution is -2.18. The van der Waals surface area contributed by atoms with Crippen molar-refractivity contribution >= 4 is 11.6 Å². The zero-order valence-corrected chi connectivity index (χ0v) is 9.74. The molecule has 0 N–H and O–H groups in total. The Hall–Kier alpha value is -1.54. The van der Waals surface area contributed by atoms with Gasteiger partial charge in [-0.15, -0.1) is 0 Å². The Kier molecular flexibility index (Phi) is 3.11. The molecule has 82 valence electrons. The summed E-state index contributed by atoms with van der Waals surface area (Å²) < 4.78 is 1.64. The first-order valence-corrected chi connectivity index (χ1v) is 5.45. The minimum absolute atomic E-state index is 0.0138. The van der Waals surface area contributed by atoms with Crippen LogP contribution in [0.4, 0.5) is 0 Å². The van der Waals surface area contributed by atoms with E-state index in [0.29, 0.717) is 11.6 Å². The van der Waals surface area contributed by atoms with E-state index < -0.39 is 0 Å². The van der Waals surface area contributed by atoms with Crippen LogP contribution in [0.15, 0.2) is 47.4 Å². The van der Waals surface area contributed by atoms with Gasteiger partial charge in [0.05, 0.1) is 6.54 Å². The number of halogens is 1. The lowest BCUT2D eigenvalue weighted by Gasteiger charge is -2.07. The van der Waals surface area contributed by atoms with Gasteiger partial charge in [-0.3, -0.25) is 4.79 Å². The molecule has 0 radical (unpaired) electrons. The van der Waals surface area contributed by atoms with Crippen LogP contribution in [0.3, 0.4) is 0 Å². The Labute approximate surface area is 99.1 Å². The van der Waals surface area contributed by atoms with Crippen LogP contribution < -0.4 is 5.56 Å². The van der Waals surface area contributed by atoms with Gasteiger partial charge in [-0.05, 0) is 24.6 Å². The molecule has 0 bridgehead atoms. The van der Waals surface area contributed by atoms with Gasteiger partial charge >= 0.3 is 0 Å². The van der Waals surface area contributed by atoms with Gasteiger partial charge in [-0.2, -0.15) is 0 Å². The molecule has 2 rings (SSSR count). The number of hydrogen-bond acceptors (Lipinski definition) is 1. The Balaban J connectivity index is 2.38. The summed E-state index contributed by atoms with van der Waals surface area (Å²) >= 11 is 6.08. The molecule has 0 saturated carbocycles. The molecule has 0 aliphatic heterocycles. The van der Waals surface area contributed by atoms with Crippen molar-refractivity contribution in [2.45, 2.75) is 13.5 Å². The summed E-state index contributed by atoms with van der Waals surface area (Å²) in [6.45, 7) is 2.52. The zero-order chi connectivity index (χ0) is 11.5. The Morgan fingerprint density at radius 3 is 2.81 bits per heavy atom. The van der Waals surface area contributed by atoms with Gasteiger partial charge in [-0.1, -0.05) is 35.4 Å². The van der Waals surface area contributed by atoms with Crippen LogP contribution in [-0.4, -0.2) is 4.57 Å². The molecule has 1 aromatic carbocycles. The van der Waals surface area contributed by atoms with Gasteiger partial charge in [0, 0.05) is 17.3 Å². The number of aryl methyl sites for hydroxylation is 1. The molecule has 2 aromatic rings. The molecule has 16 heavy (non-hydrogen) atoms. The number of hydrogen-bond donors (Lipinski definition) is 0. The molecule has 0 aliphatic carbocycles. The van der Waals surface area contributed by atoms with Crippen molar-refractivity contribution in [1.82, 2.24) is 4.57 Å². The molecule has 2 nitrogen and oxygen atoms in total. The molecular weight excluding hydrogens is 222 g/mol. The minimum atomic E-state index is -0.0138. The number of rotatable bonds is 2. The van der Waals surface area contributed by atoms with Crippen LogP contribution in [0.2, 0.25) is 5.02 Å². The molecule has 0 spiro atoms. The smallest absolute Gasteiger partial charge is 0.250 e. The fourth-order valence-electron chi connectivity index (χ4n) is 1.60. The summed E-state index contributed by atoms with van der Waals surface area (Å²) in [5, 5.41) is 0.696. The van der Waals surface area contributed by atoms with Crippen LogP contribution in [0, 0.1) is 6.92 Å². The number of aromatic nitrogens is 1. The van der Waals surface area contributed by atoms with E-state index in [4.69, 9.17) is 11.6 Å². The first kappa shape index (κ1) is 11.0. The van der Waals surface area contributed by atoms with Crippen molar-refractivity contribution in [1.29, 1.82) is 0 Å². The molecule has 0 atom stereocenters. The van der Waals surface area contributed by atoms with Gasteiger partial charge in [-0.25, -0.2) is 0 Å². The highest BCUT2D eigenvalue weighted by atomic mass is 35.5. The summed E-state index contributed by atoms with van der Waals surface area (Å²) in [4.78, 5) is 11.5. The van der Waals surface area contributed by atoms with E-state index in [-0.39, 0.29) is 5.56 Å². The van der Waals surface area contributed by atoms with Crippen molar-refractivity contribution in [3.05, 3.63) is 69.1 Å². The third kappa shape index (κ3) is 2.34. The van der Waals surface area contributed by atoms with Crippen LogP contribution >= 0.6 is 11.6 Å². The summed E-state index contributed by atoms with van der Waals surface area (Å²) in [5.41, 5.74) is 2.10. The highest BCUT2D eigenvalue weighted by Crippen LogP contribution is 2.17. The maximum Gasteiger partial charge on any atom is 0.250 e. The predicted octanol–water partition coefficient (Wildman–Crippen LogP) is 2.86. The van der Waals surface area contributed by atoms with Gasteiger partial charge in [0.15, 0.2) is 0 Å². The van der Waals surface area contributed by atoms with Gasteiger partial charge in [0.2, 0.25) is 0 Å². The first-order valence-electron chi connectivity index (χ1n) is 5.07. The topological polar surface area (TPSA) is 22.0 Å². The second-order valence-corrected chi connectivity index (χ2v) is 4.17. The molecule has 0 unspecified atom stereocenters. The summed E-state index contributed by atoms with van der Waals surface area (Å²) in [6.07, 6.45) is 1.76. The van der Waals surface area contributed by atoms with E-state index in [9.17, 15) is 4.79 Å². The van der Waals surface area contributed by atoms with Crippen molar-refractivity contribution in [2.75, 3.05) is 0 Å². The average molecular weight is 234 g/mol. The standard InChI is InChI=1S/C13H12ClNO/c1-10-5-6-12(14)11(8-10)9-15-7-3-2-4-13(15)16/h2-8H,9H2,1H3. The summed E-state index contributed by atoms with van der Waals surface area (Å²) in [5.74, 6) is 0. The lowest BCUT2D eigenvalue weighted by atomic mass is 10.1. The minimum Gasteiger partial charge on any atom is -0.311 e. The van der Waals surface area contributed by atoms with Crippen LogP contribution in [0.5, 0.6) is 0 Å². The van der Waals surface area contributed by atoms with Gasteiger partial charge < -0.3 is 4.57 Å². The van der Waals surface area contributed by atoms with Gasteiger partial charge in [0.1, 0.15) is 0 Å². The number of pyridine rings is 1. The largest absolute Gasteiger partial charge is 0.311 e. The Morgan fingerprint density at radius 2 is 2.06 bits per heavy atom. The molecule has 0 saturated heterocycles. The monoisotopic (exact) mass is 233 g/mol. The number of nitrogens with zero attached hydrogens (tertiary/aromatic N) is 1. The normalized spacial score (nSPS) is 10.4.